The van der Waals surface area contributed by atoms with Gasteiger partial charge in [-0.15, -0.1) is 0 Å². The molecule has 1 amide bonds. The van der Waals surface area contributed by atoms with Crippen molar-refractivity contribution in [2.45, 2.75) is 141 Å². The number of carbonyl (C=O) groups excluding carboxylic acids is 1. The van der Waals surface area contributed by atoms with Gasteiger partial charge in [0.15, 0.2) is 0 Å². The van der Waals surface area contributed by atoms with E-state index in [0.717, 1.165) is 55.0 Å². The van der Waals surface area contributed by atoms with Crippen LogP contribution >= 0.6 is 0 Å². The lowest BCUT2D eigenvalue weighted by Gasteiger charge is -2.38. The summed E-state index contributed by atoms with van der Waals surface area (Å²) >= 11 is 0. The number of halogens is 1. The second-order valence-electron chi connectivity index (χ2n) is 13.6. The summed E-state index contributed by atoms with van der Waals surface area (Å²) in [5, 5.41) is 2.94. The van der Waals surface area contributed by atoms with Crippen molar-refractivity contribution in [1.82, 2.24) is 5.32 Å². The van der Waals surface area contributed by atoms with Gasteiger partial charge in [-0.3, -0.25) is 4.79 Å². The Hall–Kier alpha value is -1.64. The van der Waals surface area contributed by atoms with Crippen molar-refractivity contribution >= 4 is 5.91 Å². The van der Waals surface area contributed by atoms with Crippen LogP contribution in [-0.2, 0) is 4.79 Å². The van der Waals surface area contributed by atoms with Crippen LogP contribution in [0.5, 0.6) is 0 Å². The first-order valence-electron chi connectivity index (χ1n) is 16.7. The monoisotopic (exact) mass is 537 g/mol. The maximum atomic E-state index is 15.4. The average molecular weight is 538 g/mol. The van der Waals surface area contributed by atoms with Gasteiger partial charge in [-0.25, -0.2) is 4.39 Å². The molecule has 0 bridgehead atoms. The molecule has 2 nitrogen and oxygen atoms in total. The van der Waals surface area contributed by atoms with Crippen LogP contribution in [0.3, 0.4) is 0 Å². The number of rotatable bonds is 12. The zero-order chi connectivity index (χ0) is 27.6. The molecule has 1 N–H and O–H groups in total. The third kappa shape index (κ3) is 8.92. The van der Waals surface area contributed by atoms with Crippen LogP contribution < -0.4 is 5.32 Å². The molecule has 3 saturated carbocycles. The first-order chi connectivity index (χ1) is 18.9. The summed E-state index contributed by atoms with van der Waals surface area (Å²) in [6.07, 6.45) is 23.3. The molecular formula is C36H56FNO. The molecule has 3 heteroatoms. The standard InChI is InChI=1S/C36H56FNO/c1-4-5-6-8-27-10-14-29(15-11-27)30-18-20-32(21-19-30)34-23-22-33(25-35(34)37)31-16-12-28(13-17-31)9-7-24-38-36(39)26(2)3/h22-23,25,27-32H,2,4-21,24H2,1,3H3,(H,38,39). The highest BCUT2D eigenvalue weighted by atomic mass is 19.1. The molecule has 3 aliphatic carbocycles. The number of hydrogen-bond acceptors (Lipinski definition) is 1. The van der Waals surface area contributed by atoms with E-state index in [4.69, 9.17) is 0 Å². The molecular weight excluding hydrogens is 481 g/mol. The Morgan fingerprint density at radius 2 is 1.38 bits per heavy atom. The minimum atomic E-state index is -0.0346. The Bertz CT molecular complexity index is 901. The van der Waals surface area contributed by atoms with E-state index in [1.165, 1.54) is 102 Å². The summed E-state index contributed by atoms with van der Waals surface area (Å²) in [7, 11) is 0. The highest BCUT2D eigenvalue weighted by Gasteiger charge is 2.32. The molecule has 0 heterocycles. The molecule has 0 spiro atoms. The SMILES string of the molecule is C=C(C)C(=O)NCCCC1CCC(c2ccc(C3CCC(C4CCC(CCCCC)CC4)CC3)c(F)c2)CC1. The third-order valence-electron chi connectivity index (χ3n) is 10.8. The minimum Gasteiger partial charge on any atom is -0.352 e. The number of unbranched alkanes of at least 4 members (excludes halogenated alkanes) is 2. The van der Waals surface area contributed by atoms with Gasteiger partial charge in [0, 0.05) is 12.1 Å². The van der Waals surface area contributed by atoms with Crippen LogP contribution in [0.1, 0.15) is 152 Å². The maximum absolute atomic E-state index is 15.4. The minimum absolute atomic E-state index is 0.0346. The average Bonchev–Trinajstić information content (AvgIpc) is 2.96. The van der Waals surface area contributed by atoms with E-state index < -0.39 is 0 Å². The Labute approximate surface area is 239 Å². The molecule has 0 atom stereocenters. The molecule has 3 aliphatic rings. The predicted molar refractivity (Wildman–Crippen MR) is 162 cm³/mol. The van der Waals surface area contributed by atoms with Crippen molar-refractivity contribution in [2.24, 2.45) is 23.7 Å². The Morgan fingerprint density at radius 3 is 1.97 bits per heavy atom. The van der Waals surface area contributed by atoms with E-state index >= 15 is 4.39 Å². The smallest absolute Gasteiger partial charge is 0.246 e. The first-order valence-corrected chi connectivity index (χ1v) is 16.7. The van der Waals surface area contributed by atoms with Gasteiger partial charge in [0.1, 0.15) is 5.82 Å². The van der Waals surface area contributed by atoms with Crippen molar-refractivity contribution in [3.05, 3.63) is 47.3 Å². The van der Waals surface area contributed by atoms with Gasteiger partial charge in [-0.1, -0.05) is 64.2 Å². The lowest BCUT2D eigenvalue weighted by molar-refractivity contribution is -0.117. The second-order valence-corrected chi connectivity index (χ2v) is 13.6. The molecule has 3 fully saturated rings. The number of carbonyl (C=O) groups is 1. The Balaban J connectivity index is 1.17. The lowest BCUT2D eigenvalue weighted by Crippen LogP contribution is -2.25. The van der Waals surface area contributed by atoms with Gasteiger partial charge in [0.2, 0.25) is 5.91 Å². The van der Waals surface area contributed by atoms with Crippen molar-refractivity contribution in [2.75, 3.05) is 6.54 Å². The van der Waals surface area contributed by atoms with Crippen molar-refractivity contribution < 1.29 is 9.18 Å². The van der Waals surface area contributed by atoms with E-state index in [2.05, 4.69) is 31.0 Å². The van der Waals surface area contributed by atoms with Gasteiger partial charge < -0.3 is 5.32 Å². The molecule has 0 aliphatic heterocycles. The second kappa shape index (κ2) is 15.4. The van der Waals surface area contributed by atoms with E-state index in [1.54, 1.807) is 6.92 Å². The van der Waals surface area contributed by atoms with Crippen molar-refractivity contribution in [1.29, 1.82) is 0 Å². The summed E-state index contributed by atoms with van der Waals surface area (Å²) < 4.78 is 15.4. The number of amides is 1. The normalized spacial score (nSPS) is 29.6. The van der Waals surface area contributed by atoms with E-state index in [9.17, 15) is 4.79 Å². The highest BCUT2D eigenvalue weighted by molar-refractivity contribution is 5.91. The molecule has 39 heavy (non-hydrogen) atoms. The number of hydrogen-bond donors (Lipinski definition) is 1. The predicted octanol–water partition coefficient (Wildman–Crippen LogP) is 10.2. The number of benzene rings is 1. The fourth-order valence-electron chi connectivity index (χ4n) is 8.19. The maximum Gasteiger partial charge on any atom is 0.246 e. The molecule has 0 aromatic heterocycles. The first kappa shape index (κ1) is 30.3. The summed E-state index contributed by atoms with van der Waals surface area (Å²) in [6, 6.07) is 6.29. The molecule has 218 valence electrons. The van der Waals surface area contributed by atoms with Gasteiger partial charge in [-0.2, -0.15) is 0 Å². The molecule has 0 unspecified atom stereocenters. The summed E-state index contributed by atoms with van der Waals surface area (Å²) in [5.41, 5.74) is 2.78. The summed E-state index contributed by atoms with van der Waals surface area (Å²) in [4.78, 5) is 11.6. The summed E-state index contributed by atoms with van der Waals surface area (Å²) in [6.45, 7) is 8.48. The fraction of sp³-hybridized carbons (Fsp3) is 0.750. The van der Waals surface area contributed by atoms with Gasteiger partial charge in [-0.05, 0) is 137 Å². The molecule has 1 aromatic rings. The number of nitrogens with one attached hydrogen (secondary N) is 1. The largest absolute Gasteiger partial charge is 0.352 e. The Kier molecular flexibility index (Phi) is 12.0. The molecule has 1 aromatic carbocycles. The third-order valence-corrected chi connectivity index (χ3v) is 10.8. The molecule has 4 rings (SSSR count). The quantitative estimate of drug-likeness (QED) is 0.208. The van der Waals surface area contributed by atoms with E-state index in [0.29, 0.717) is 17.4 Å². The van der Waals surface area contributed by atoms with Crippen LogP contribution in [0.25, 0.3) is 0 Å². The summed E-state index contributed by atoms with van der Waals surface area (Å²) in [5.74, 6) is 4.49. The van der Waals surface area contributed by atoms with Gasteiger partial charge >= 0.3 is 0 Å². The lowest BCUT2D eigenvalue weighted by atomic mass is 9.68. The van der Waals surface area contributed by atoms with Gasteiger partial charge in [0.05, 0.1) is 0 Å². The van der Waals surface area contributed by atoms with Crippen molar-refractivity contribution in [3.63, 3.8) is 0 Å². The van der Waals surface area contributed by atoms with Crippen LogP contribution in [0.15, 0.2) is 30.4 Å². The topological polar surface area (TPSA) is 29.1 Å². The van der Waals surface area contributed by atoms with Gasteiger partial charge in [0.25, 0.3) is 0 Å². The zero-order valence-electron chi connectivity index (χ0n) is 25.1. The van der Waals surface area contributed by atoms with Crippen LogP contribution in [0.4, 0.5) is 4.39 Å². The van der Waals surface area contributed by atoms with Crippen LogP contribution in [-0.4, -0.2) is 12.5 Å². The Morgan fingerprint density at radius 1 is 0.821 bits per heavy atom. The van der Waals surface area contributed by atoms with Crippen LogP contribution in [0.2, 0.25) is 0 Å². The highest BCUT2D eigenvalue weighted by Crippen LogP contribution is 2.45. The van der Waals surface area contributed by atoms with E-state index in [-0.39, 0.29) is 11.7 Å². The van der Waals surface area contributed by atoms with Crippen LogP contribution in [0, 0.1) is 29.5 Å². The molecule has 0 saturated heterocycles. The molecule has 0 radical (unpaired) electrons. The fourth-order valence-corrected chi connectivity index (χ4v) is 8.19. The zero-order valence-corrected chi connectivity index (χ0v) is 25.1. The van der Waals surface area contributed by atoms with E-state index in [1.807, 2.05) is 6.07 Å². The van der Waals surface area contributed by atoms with Crippen molar-refractivity contribution in [3.8, 4) is 0 Å².